The van der Waals surface area contributed by atoms with E-state index in [9.17, 15) is 4.79 Å². The Morgan fingerprint density at radius 2 is 1.69 bits per heavy atom. The zero-order valence-corrected chi connectivity index (χ0v) is 8.76. The van der Waals surface area contributed by atoms with E-state index in [0.717, 1.165) is 25.9 Å². The number of aldehydes is 1. The van der Waals surface area contributed by atoms with E-state index < -0.39 is 0 Å². The van der Waals surface area contributed by atoms with E-state index in [1.165, 1.54) is 32.1 Å². The lowest BCUT2D eigenvalue weighted by atomic mass is 10.2. The minimum absolute atomic E-state index is 0.635. The van der Waals surface area contributed by atoms with Crippen molar-refractivity contribution in [2.24, 2.45) is 0 Å². The SMILES string of the molecule is CCCCCCCOCCCC=O. The second kappa shape index (κ2) is 11.6. The Bertz CT molecular complexity index is 102. The Morgan fingerprint density at radius 3 is 2.38 bits per heavy atom. The summed E-state index contributed by atoms with van der Waals surface area (Å²) in [6.45, 7) is 3.82. The van der Waals surface area contributed by atoms with Crippen LogP contribution in [0.1, 0.15) is 51.9 Å². The van der Waals surface area contributed by atoms with E-state index in [1.807, 2.05) is 0 Å². The van der Waals surface area contributed by atoms with Crippen LogP contribution in [0.4, 0.5) is 0 Å². The molecule has 0 amide bonds. The second-order valence-corrected chi connectivity index (χ2v) is 3.34. The van der Waals surface area contributed by atoms with Crippen molar-refractivity contribution in [3.05, 3.63) is 0 Å². The molecule has 0 atom stereocenters. The van der Waals surface area contributed by atoms with E-state index in [4.69, 9.17) is 4.74 Å². The lowest BCUT2D eigenvalue weighted by Gasteiger charge is -2.02. The average Bonchev–Trinajstić information content (AvgIpc) is 2.16. The normalized spacial score (nSPS) is 10.2. The van der Waals surface area contributed by atoms with Crippen molar-refractivity contribution in [3.8, 4) is 0 Å². The molecule has 0 heterocycles. The number of hydrogen-bond donors (Lipinski definition) is 0. The van der Waals surface area contributed by atoms with Gasteiger partial charge in [0.2, 0.25) is 0 Å². The molecule has 78 valence electrons. The van der Waals surface area contributed by atoms with Crippen molar-refractivity contribution in [2.45, 2.75) is 51.9 Å². The molecule has 0 aliphatic carbocycles. The smallest absolute Gasteiger partial charge is 0.120 e. The summed E-state index contributed by atoms with van der Waals surface area (Å²) < 4.78 is 5.36. The summed E-state index contributed by atoms with van der Waals surface area (Å²) in [5.74, 6) is 0. The summed E-state index contributed by atoms with van der Waals surface area (Å²) in [6, 6.07) is 0. The van der Waals surface area contributed by atoms with Crippen molar-refractivity contribution >= 4 is 6.29 Å². The van der Waals surface area contributed by atoms with Crippen LogP contribution >= 0.6 is 0 Å². The number of carbonyl (C=O) groups excluding carboxylic acids is 1. The van der Waals surface area contributed by atoms with Crippen molar-refractivity contribution in [3.63, 3.8) is 0 Å². The maximum Gasteiger partial charge on any atom is 0.120 e. The maximum atomic E-state index is 9.96. The zero-order valence-electron chi connectivity index (χ0n) is 8.76. The van der Waals surface area contributed by atoms with Crippen LogP contribution in [0.15, 0.2) is 0 Å². The minimum Gasteiger partial charge on any atom is -0.381 e. The molecular weight excluding hydrogens is 164 g/mol. The molecule has 0 saturated carbocycles. The van der Waals surface area contributed by atoms with Crippen molar-refractivity contribution in [1.29, 1.82) is 0 Å². The second-order valence-electron chi connectivity index (χ2n) is 3.34. The summed E-state index contributed by atoms with van der Waals surface area (Å²) in [6.07, 6.45) is 8.86. The molecule has 0 radical (unpaired) electrons. The standard InChI is InChI=1S/C11H22O2/c1-2-3-4-5-7-10-13-11-8-6-9-12/h9H,2-8,10-11H2,1H3. The minimum atomic E-state index is 0.635. The molecule has 2 nitrogen and oxygen atoms in total. The summed E-state index contributed by atoms with van der Waals surface area (Å²) in [7, 11) is 0. The summed E-state index contributed by atoms with van der Waals surface area (Å²) in [4.78, 5) is 9.96. The van der Waals surface area contributed by atoms with E-state index in [1.54, 1.807) is 0 Å². The van der Waals surface area contributed by atoms with Gasteiger partial charge in [-0.3, -0.25) is 0 Å². The number of ether oxygens (including phenoxy) is 1. The highest BCUT2D eigenvalue weighted by atomic mass is 16.5. The van der Waals surface area contributed by atoms with Crippen LogP contribution in [0.5, 0.6) is 0 Å². The predicted octanol–water partition coefficient (Wildman–Crippen LogP) is 2.95. The molecule has 0 bridgehead atoms. The zero-order chi connectivity index (χ0) is 9.78. The van der Waals surface area contributed by atoms with Gasteiger partial charge in [0, 0.05) is 19.6 Å². The van der Waals surface area contributed by atoms with Crippen molar-refractivity contribution in [2.75, 3.05) is 13.2 Å². The lowest BCUT2D eigenvalue weighted by molar-refractivity contribution is -0.108. The Balaban J connectivity index is 2.79. The highest BCUT2D eigenvalue weighted by Crippen LogP contribution is 2.02. The number of unbranched alkanes of at least 4 members (excludes halogenated alkanes) is 5. The van der Waals surface area contributed by atoms with Crippen LogP contribution in [0.3, 0.4) is 0 Å². The van der Waals surface area contributed by atoms with Crippen LogP contribution < -0.4 is 0 Å². The Labute approximate surface area is 81.7 Å². The molecule has 0 unspecified atom stereocenters. The highest BCUT2D eigenvalue weighted by Gasteiger charge is 1.90. The topological polar surface area (TPSA) is 26.3 Å². The van der Waals surface area contributed by atoms with Crippen molar-refractivity contribution in [1.82, 2.24) is 0 Å². The van der Waals surface area contributed by atoms with E-state index in [-0.39, 0.29) is 0 Å². The van der Waals surface area contributed by atoms with Crippen LogP contribution in [0.25, 0.3) is 0 Å². The van der Waals surface area contributed by atoms with Crippen LogP contribution in [-0.2, 0) is 9.53 Å². The lowest BCUT2D eigenvalue weighted by Crippen LogP contribution is -1.97. The van der Waals surface area contributed by atoms with E-state index in [0.29, 0.717) is 6.42 Å². The van der Waals surface area contributed by atoms with Gasteiger partial charge < -0.3 is 9.53 Å². The fraction of sp³-hybridized carbons (Fsp3) is 0.909. The largest absolute Gasteiger partial charge is 0.381 e. The predicted molar refractivity (Wildman–Crippen MR) is 54.9 cm³/mol. The number of hydrogen-bond acceptors (Lipinski definition) is 2. The first kappa shape index (κ1) is 12.6. The Hall–Kier alpha value is -0.370. The van der Waals surface area contributed by atoms with Gasteiger partial charge in [0.1, 0.15) is 6.29 Å². The molecule has 0 aliphatic rings. The fourth-order valence-electron chi connectivity index (χ4n) is 1.18. The van der Waals surface area contributed by atoms with E-state index in [2.05, 4.69) is 6.92 Å². The van der Waals surface area contributed by atoms with Gasteiger partial charge in [-0.1, -0.05) is 32.6 Å². The molecule has 13 heavy (non-hydrogen) atoms. The van der Waals surface area contributed by atoms with E-state index >= 15 is 0 Å². The molecule has 0 fully saturated rings. The number of rotatable bonds is 10. The monoisotopic (exact) mass is 186 g/mol. The maximum absolute atomic E-state index is 9.96. The van der Waals surface area contributed by atoms with Gasteiger partial charge >= 0.3 is 0 Å². The van der Waals surface area contributed by atoms with Crippen LogP contribution in [0.2, 0.25) is 0 Å². The van der Waals surface area contributed by atoms with Crippen LogP contribution in [0, 0.1) is 0 Å². The first-order chi connectivity index (χ1) is 6.41. The molecule has 0 aromatic heterocycles. The van der Waals surface area contributed by atoms with Gasteiger partial charge in [0.05, 0.1) is 0 Å². The van der Waals surface area contributed by atoms with Gasteiger partial charge in [-0.25, -0.2) is 0 Å². The third-order valence-electron chi connectivity index (χ3n) is 2.00. The summed E-state index contributed by atoms with van der Waals surface area (Å²) >= 11 is 0. The third-order valence-corrected chi connectivity index (χ3v) is 2.00. The number of carbonyl (C=O) groups is 1. The molecule has 0 aromatic rings. The first-order valence-corrected chi connectivity index (χ1v) is 5.43. The molecule has 0 saturated heterocycles. The highest BCUT2D eigenvalue weighted by molar-refractivity contribution is 5.48. The van der Waals surface area contributed by atoms with Gasteiger partial charge in [-0.05, 0) is 12.8 Å². The summed E-state index contributed by atoms with van der Waals surface area (Å²) in [5.41, 5.74) is 0. The Kier molecular flexibility index (Phi) is 11.3. The Morgan fingerprint density at radius 1 is 1.00 bits per heavy atom. The molecular formula is C11H22O2. The van der Waals surface area contributed by atoms with Crippen LogP contribution in [-0.4, -0.2) is 19.5 Å². The van der Waals surface area contributed by atoms with Gasteiger partial charge in [0.25, 0.3) is 0 Å². The van der Waals surface area contributed by atoms with Gasteiger partial charge in [-0.2, -0.15) is 0 Å². The third kappa shape index (κ3) is 11.6. The quantitative estimate of drug-likeness (QED) is 0.387. The average molecular weight is 186 g/mol. The first-order valence-electron chi connectivity index (χ1n) is 5.43. The molecule has 2 heteroatoms. The van der Waals surface area contributed by atoms with Gasteiger partial charge in [-0.15, -0.1) is 0 Å². The van der Waals surface area contributed by atoms with Crippen molar-refractivity contribution < 1.29 is 9.53 Å². The molecule has 0 spiro atoms. The molecule has 0 rings (SSSR count). The fourth-order valence-corrected chi connectivity index (χ4v) is 1.18. The van der Waals surface area contributed by atoms with Gasteiger partial charge in [0.15, 0.2) is 0 Å². The molecule has 0 aliphatic heterocycles. The molecule has 0 aromatic carbocycles. The summed E-state index contributed by atoms with van der Waals surface area (Å²) in [5, 5.41) is 0. The molecule has 0 N–H and O–H groups in total.